The molecule has 2 aromatic heterocycles. The summed E-state index contributed by atoms with van der Waals surface area (Å²) in [5.41, 5.74) is 14.3. The average molecular weight is 377 g/mol. The van der Waals surface area contributed by atoms with Gasteiger partial charge in [0, 0.05) is 61.7 Å². The van der Waals surface area contributed by atoms with E-state index in [1.54, 1.807) is 0 Å². The molecule has 0 unspecified atom stereocenters. The van der Waals surface area contributed by atoms with Crippen LogP contribution in [0.5, 0.6) is 0 Å². The van der Waals surface area contributed by atoms with Crippen LogP contribution in [0.2, 0.25) is 0 Å². The summed E-state index contributed by atoms with van der Waals surface area (Å²) in [5.74, 6) is 0.708. The number of anilines is 2. The van der Waals surface area contributed by atoms with Crippen LogP contribution in [0.15, 0.2) is 12.1 Å². The Balaban J connectivity index is 0. The summed E-state index contributed by atoms with van der Waals surface area (Å²) in [4.78, 5) is 15.6. The third-order valence-electron chi connectivity index (χ3n) is 2.00. The number of hydrogen-bond acceptors (Lipinski definition) is 6. The average Bonchev–Trinajstić information content (AvgIpc) is 2.12. The van der Waals surface area contributed by atoms with Gasteiger partial charge in [-0.1, -0.05) is 0 Å². The van der Waals surface area contributed by atoms with Crippen molar-refractivity contribution in [3.63, 3.8) is 0 Å². The number of aromatic nitrogens is 4. The fraction of sp³-hybridized carbons (Fsp3) is 0.333. The zero-order valence-electron chi connectivity index (χ0n) is 12.5. The van der Waals surface area contributed by atoms with Gasteiger partial charge in [0.15, 0.2) is 0 Å². The van der Waals surface area contributed by atoms with Crippen molar-refractivity contribution in [1.29, 1.82) is 0 Å². The second kappa shape index (κ2) is 9.84. The summed E-state index contributed by atoms with van der Waals surface area (Å²) < 4.78 is 0. The molecule has 2 heterocycles. The van der Waals surface area contributed by atoms with E-state index in [2.05, 4.69) is 19.9 Å². The summed E-state index contributed by atoms with van der Waals surface area (Å²) in [6, 6.07) is 3.77. The maximum atomic E-state index is 5.34. The molecule has 0 amide bonds. The molecule has 0 aliphatic heterocycles. The monoisotopic (exact) mass is 374 g/mol. The molecule has 8 heteroatoms. The van der Waals surface area contributed by atoms with Crippen molar-refractivity contribution in [2.75, 3.05) is 11.5 Å². The number of nitrogens with two attached hydrogens (primary N) is 2. The SMILES string of the molecule is Cc1cc(C)nc(N)n1.Cc1cc(C)nc(N)n1.[Zn].[Zn]. The van der Waals surface area contributed by atoms with Gasteiger partial charge in [0.2, 0.25) is 11.9 Å². The molecule has 6 nitrogen and oxygen atoms in total. The summed E-state index contributed by atoms with van der Waals surface area (Å²) in [7, 11) is 0. The minimum Gasteiger partial charge on any atom is -0.368 e. The van der Waals surface area contributed by atoms with E-state index in [4.69, 9.17) is 11.5 Å². The zero-order chi connectivity index (χ0) is 13.7. The summed E-state index contributed by atoms with van der Waals surface area (Å²) >= 11 is 0. The first-order valence-corrected chi connectivity index (χ1v) is 5.52. The molecular formula is C12H18N6Zn2. The largest absolute Gasteiger partial charge is 0.368 e. The molecule has 0 atom stereocenters. The quantitative estimate of drug-likeness (QED) is 0.672. The second-order valence-corrected chi connectivity index (χ2v) is 4.02. The molecule has 0 radical (unpaired) electrons. The van der Waals surface area contributed by atoms with Crippen LogP contribution in [0.25, 0.3) is 0 Å². The van der Waals surface area contributed by atoms with Crippen molar-refractivity contribution in [2.24, 2.45) is 0 Å². The predicted octanol–water partition coefficient (Wildman–Crippen LogP) is 1.35. The number of nitrogens with zero attached hydrogens (tertiary/aromatic N) is 4. The Morgan fingerprint density at radius 3 is 0.950 bits per heavy atom. The number of aryl methyl sites for hydroxylation is 4. The Hall–Kier alpha value is -0.993. The van der Waals surface area contributed by atoms with Crippen LogP contribution in [0.4, 0.5) is 11.9 Å². The van der Waals surface area contributed by atoms with Crippen LogP contribution in [0, 0.1) is 27.7 Å². The van der Waals surface area contributed by atoms with Crippen LogP contribution in [0.1, 0.15) is 22.8 Å². The zero-order valence-corrected chi connectivity index (χ0v) is 18.4. The van der Waals surface area contributed by atoms with E-state index < -0.39 is 0 Å². The Kier molecular flexibility index (Phi) is 10.5. The topological polar surface area (TPSA) is 104 Å². The molecule has 0 saturated heterocycles. The minimum atomic E-state index is 0. The fourth-order valence-corrected chi connectivity index (χ4v) is 1.51. The van der Waals surface area contributed by atoms with Gasteiger partial charge in [0.1, 0.15) is 0 Å². The molecule has 100 valence electrons. The molecule has 2 rings (SSSR count). The van der Waals surface area contributed by atoms with E-state index in [9.17, 15) is 0 Å². The van der Waals surface area contributed by atoms with Gasteiger partial charge in [0.05, 0.1) is 0 Å². The molecule has 20 heavy (non-hydrogen) atoms. The van der Waals surface area contributed by atoms with E-state index in [-0.39, 0.29) is 39.0 Å². The smallest absolute Gasteiger partial charge is 0.220 e. The first-order valence-electron chi connectivity index (χ1n) is 5.52. The minimum absolute atomic E-state index is 0. The normalized spacial score (nSPS) is 8.60. The van der Waals surface area contributed by atoms with Crippen molar-refractivity contribution in [2.45, 2.75) is 27.7 Å². The van der Waals surface area contributed by atoms with Gasteiger partial charge >= 0.3 is 0 Å². The second-order valence-electron chi connectivity index (χ2n) is 4.02. The molecule has 2 aromatic rings. The van der Waals surface area contributed by atoms with Crippen molar-refractivity contribution in [1.82, 2.24) is 19.9 Å². The first kappa shape index (κ1) is 21.3. The van der Waals surface area contributed by atoms with E-state index >= 15 is 0 Å². The fourth-order valence-electron chi connectivity index (χ4n) is 1.51. The maximum Gasteiger partial charge on any atom is 0.220 e. The van der Waals surface area contributed by atoms with Gasteiger partial charge in [-0.25, -0.2) is 19.9 Å². The van der Waals surface area contributed by atoms with Crippen LogP contribution in [-0.2, 0) is 39.0 Å². The van der Waals surface area contributed by atoms with Crippen molar-refractivity contribution in [3.8, 4) is 0 Å². The maximum absolute atomic E-state index is 5.34. The van der Waals surface area contributed by atoms with Gasteiger partial charge in [-0.2, -0.15) is 0 Å². The molecule has 0 saturated carbocycles. The number of hydrogen-bond donors (Lipinski definition) is 2. The van der Waals surface area contributed by atoms with Crippen molar-refractivity contribution in [3.05, 3.63) is 34.9 Å². The van der Waals surface area contributed by atoms with Gasteiger partial charge in [-0.3, -0.25) is 0 Å². The van der Waals surface area contributed by atoms with Gasteiger partial charge < -0.3 is 11.5 Å². The summed E-state index contributed by atoms with van der Waals surface area (Å²) in [6.07, 6.45) is 0. The Labute approximate surface area is 144 Å². The third kappa shape index (κ3) is 8.23. The van der Waals surface area contributed by atoms with Gasteiger partial charge in [-0.15, -0.1) is 0 Å². The molecular weight excluding hydrogens is 359 g/mol. The van der Waals surface area contributed by atoms with Crippen LogP contribution in [-0.4, -0.2) is 19.9 Å². The Morgan fingerprint density at radius 2 is 0.800 bits per heavy atom. The molecule has 0 aliphatic rings. The van der Waals surface area contributed by atoms with E-state index in [0.29, 0.717) is 11.9 Å². The molecule has 4 N–H and O–H groups in total. The van der Waals surface area contributed by atoms with Crippen LogP contribution in [0.3, 0.4) is 0 Å². The van der Waals surface area contributed by atoms with Crippen molar-refractivity contribution >= 4 is 11.9 Å². The molecule has 0 aromatic carbocycles. The molecule has 0 spiro atoms. The number of nitrogen functional groups attached to an aromatic ring is 2. The van der Waals surface area contributed by atoms with E-state index in [1.807, 2.05) is 39.8 Å². The number of rotatable bonds is 0. The van der Waals surface area contributed by atoms with Gasteiger partial charge in [-0.05, 0) is 39.8 Å². The first-order chi connectivity index (χ1) is 8.36. The Bertz CT molecular complexity index is 397. The van der Waals surface area contributed by atoms with Crippen LogP contribution < -0.4 is 11.5 Å². The Morgan fingerprint density at radius 1 is 0.600 bits per heavy atom. The predicted molar refractivity (Wildman–Crippen MR) is 71.8 cm³/mol. The van der Waals surface area contributed by atoms with Gasteiger partial charge in [0.25, 0.3) is 0 Å². The molecule has 0 aliphatic carbocycles. The summed E-state index contributed by atoms with van der Waals surface area (Å²) in [6.45, 7) is 7.58. The van der Waals surface area contributed by atoms with Crippen LogP contribution >= 0.6 is 0 Å². The van der Waals surface area contributed by atoms with E-state index in [1.165, 1.54) is 0 Å². The standard InChI is InChI=1S/2C6H9N3.2Zn/c2*1-4-3-5(2)9-6(7)8-4;;/h2*3H,1-2H3,(H2,7,8,9);;. The molecule has 0 fully saturated rings. The molecule has 0 bridgehead atoms. The summed E-state index contributed by atoms with van der Waals surface area (Å²) in [5, 5.41) is 0. The van der Waals surface area contributed by atoms with E-state index in [0.717, 1.165) is 22.8 Å². The third-order valence-corrected chi connectivity index (χ3v) is 2.00. The van der Waals surface area contributed by atoms with Crippen molar-refractivity contribution < 1.29 is 39.0 Å².